The van der Waals surface area contributed by atoms with E-state index in [9.17, 15) is 13.2 Å². The Balaban J connectivity index is 1.60. The fraction of sp³-hybridized carbons (Fsp3) is 1.00. The number of nitrogens with one attached hydrogen (secondary N) is 1. The number of hydrogen-bond acceptors (Lipinski definition) is 4. The molecule has 2 aliphatic heterocycles. The van der Waals surface area contributed by atoms with Crippen LogP contribution in [-0.4, -0.2) is 79.3 Å². The van der Waals surface area contributed by atoms with E-state index >= 15 is 0 Å². The van der Waals surface area contributed by atoms with Crippen LogP contribution in [0.5, 0.6) is 0 Å². The van der Waals surface area contributed by atoms with Crippen LogP contribution in [0.4, 0.5) is 13.2 Å². The third kappa shape index (κ3) is 5.89. The van der Waals surface area contributed by atoms with Crippen LogP contribution in [0.15, 0.2) is 0 Å². The average molecular weight is 297 g/mol. The molecule has 3 nitrogen and oxygen atoms in total. The van der Waals surface area contributed by atoms with Gasteiger partial charge in [0.05, 0.1) is 6.54 Å². The van der Waals surface area contributed by atoms with Crippen LogP contribution in [0.1, 0.15) is 6.42 Å². The zero-order valence-corrected chi connectivity index (χ0v) is 11.9. The van der Waals surface area contributed by atoms with Gasteiger partial charge in [-0.1, -0.05) is 0 Å². The van der Waals surface area contributed by atoms with Crippen molar-refractivity contribution in [3.63, 3.8) is 0 Å². The number of halogens is 3. The van der Waals surface area contributed by atoms with Gasteiger partial charge < -0.3 is 10.2 Å². The number of rotatable bonds is 4. The summed E-state index contributed by atoms with van der Waals surface area (Å²) in [5.74, 6) is 2.35. The molecule has 0 aliphatic carbocycles. The summed E-state index contributed by atoms with van der Waals surface area (Å²) in [7, 11) is 0. The lowest BCUT2D eigenvalue weighted by molar-refractivity contribution is -0.149. The minimum Gasteiger partial charge on any atom is -0.312 e. The quantitative estimate of drug-likeness (QED) is 0.842. The zero-order valence-electron chi connectivity index (χ0n) is 11.1. The Bertz CT molecular complexity index is 261. The highest BCUT2D eigenvalue weighted by Crippen LogP contribution is 2.18. The van der Waals surface area contributed by atoms with Gasteiger partial charge in [0.1, 0.15) is 0 Å². The van der Waals surface area contributed by atoms with Crippen molar-refractivity contribution in [2.75, 3.05) is 57.3 Å². The van der Waals surface area contributed by atoms with Crippen molar-refractivity contribution in [3.8, 4) is 0 Å². The van der Waals surface area contributed by atoms with Gasteiger partial charge in [-0.2, -0.15) is 24.9 Å². The largest absolute Gasteiger partial charge is 0.401 e. The van der Waals surface area contributed by atoms with E-state index in [1.807, 2.05) is 11.8 Å². The standard InChI is InChI=1S/C12H22F3N3S/c13-12(14,15)10-18-6-4-17(5-7-18)3-1-11-9-19-8-2-16-11/h11,16H,1-10H2. The lowest BCUT2D eigenvalue weighted by Crippen LogP contribution is -2.50. The van der Waals surface area contributed by atoms with Crippen molar-refractivity contribution in [3.05, 3.63) is 0 Å². The molecule has 19 heavy (non-hydrogen) atoms. The second-order valence-corrected chi connectivity index (χ2v) is 6.40. The van der Waals surface area contributed by atoms with Gasteiger partial charge >= 0.3 is 6.18 Å². The Morgan fingerprint density at radius 1 is 1.11 bits per heavy atom. The summed E-state index contributed by atoms with van der Waals surface area (Å²) in [5, 5.41) is 3.49. The molecule has 0 bridgehead atoms. The van der Waals surface area contributed by atoms with E-state index in [-0.39, 0.29) is 0 Å². The van der Waals surface area contributed by atoms with E-state index in [1.165, 1.54) is 10.7 Å². The zero-order chi connectivity index (χ0) is 13.7. The molecule has 1 N–H and O–H groups in total. The molecule has 1 atom stereocenters. The highest BCUT2D eigenvalue weighted by atomic mass is 32.2. The molecule has 7 heteroatoms. The summed E-state index contributed by atoms with van der Waals surface area (Å²) in [5.41, 5.74) is 0. The topological polar surface area (TPSA) is 18.5 Å². The van der Waals surface area contributed by atoms with Crippen LogP contribution in [-0.2, 0) is 0 Å². The third-order valence-electron chi connectivity index (χ3n) is 3.66. The van der Waals surface area contributed by atoms with Gasteiger partial charge in [0.25, 0.3) is 0 Å². The van der Waals surface area contributed by atoms with Crippen LogP contribution >= 0.6 is 11.8 Å². The fourth-order valence-corrected chi connectivity index (χ4v) is 3.57. The van der Waals surface area contributed by atoms with Crippen LogP contribution < -0.4 is 5.32 Å². The number of piperazine rings is 1. The summed E-state index contributed by atoms with van der Waals surface area (Å²) in [4.78, 5) is 3.79. The maximum atomic E-state index is 12.3. The first kappa shape index (κ1) is 15.4. The summed E-state index contributed by atoms with van der Waals surface area (Å²) >= 11 is 1.98. The predicted octanol–water partition coefficient (Wildman–Crippen LogP) is 1.26. The van der Waals surface area contributed by atoms with E-state index in [2.05, 4.69) is 10.2 Å². The highest BCUT2D eigenvalue weighted by Gasteiger charge is 2.32. The van der Waals surface area contributed by atoms with Gasteiger partial charge in [-0.15, -0.1) is 0 Å². The van der Waals surface area contributed by atoms with Crippen molar-refractivity contribution in [1.82, 2.24) is 15.1 Å². The first-order valence-corrected chi connectivity index (χ1v) is 8.01. The van der Waals surface area contributed by atoms with Crippen LogP contribution in [0.3, 0.4) is 0 Å². The van der Waals surface area contributed by atoms with Crippen molar-refractivity contribution in [1.29, 1.82) is 0 Å². The Kier molecular flexibility index (Phi) is 5.80. The molecule has 0 aromatic carbocycles. The maximum Gasteiger partial charge on any atom is 0.401 e. The summed E-state index contributed by atoms with van der Waals surface area (Å²) in [6.45, 7) is 3.90. The van der Waals surface area contributed by atoms with Crippen molar-refractivity contribution in [2.45, 2.75) is 18.6 Å². The molecule has 0 aromatic rings. The Morgan fingerprint density at radius 2 is 1.79 bits per heavy atom. The molecular formula is C12H22F3N3S. The molecule has 0 spiro atoms. The van der Waals surface area contributed by atoms with Gasteiger partial charge in [0.2, 0.25) is 0 Å². The molecule has 0 aromatic heterocycles. The molecule has 112 valence electrons. The Morgan fingerprint density at radius 3 is 2.37 bits per heavy atom. The monoisotopic (exact) mass is 297 g/mol. The molecule has 2 saturated heterocycles. The van der Waals surface area contributed by atoms with Crippen molar-refractivity contribution >= 4 is 11.8 Å². The molecular weight excluding hydrogens is 275 g/mol. The summed E-state index contributed by atoms with van der Waals surface area (Å²) < 4.78 is 36.8. The van der Waals surface area contributed by atoms with E-state index in [0.717, 1.165) is 38.4 Å². The third-order valence-corrected chi connectivity index (χ3v) is 4.79. The minimum atomic E-state index is -4.06. The first-order chi connectivity index (χ1) is 9.03. The molecule has 0 saturated carbocycles. The van der Waals surface area contributed by atoms with Crippen LogP contribution in [0.25, 0.3) is 0 Å². The number of thioether (sulfide) groups is 1. The van der Waals surface area contributed by atoms with Gasteiger partial charge in [-0.3, -0.25) is 4.90 Å². The molecule has 2 heterocycles. The lowest BCUT2D eigenvalue weighted by atomic mass is 10.2. The Hall–Kier alpha value is 0.0200. The van der Waals surface area contributed by atoms with Gasteiger partial charge in [-0.25, -0.2) is 0 Å². The second-order valence-electron chi connectivity index (χ2n) is 5.25. The summed E-state index contributed by atoms with van der Waals surface area (Å²) in [6.07, 6.45) is -2.96. The number of alkyl halides is 3. The Labute approximate surface area is 116 Å². The molecule has 1 unspecified atom stereocenters. The van der Waals surface area contributed by atoms with Gasteiger partial charge in [0.15, 0.2) is 0 Å². The predicted molar refractivity (Wildman–Crippen MR) is 72.7 cm³/mol. The molecule has 2 aliphatic rings. The highest BCUT2D eigenvalue weighted by molar-refractivity contribution is 7.99. The molecule has 2 rings (SSSR count). The normalized spacial score (nSPS) is 27.6. The maximum absolute atomic E-state index is 12.3. The first-order valence-electron chi connectivity index (χ1n) is 6.85. The van der Waals surface area contributed by atoms with E-state index < -0.39 is 12.7 Å². The molecule has 2 fully saturated rings. The van der Waals surface area contributed by atoms with E-state index in [1.54, 1.807) is 0 Å². The SMILES string of the molecule is FC(F)(F)CN1CCN(CCC2CSCCN2)CC1. The van der Waals surface area contributed by atoms with Crippen LogP contribution in [0.2, 0.25) is 0 Å². The lowest BCUT2D eigenvalue weighted by Gasteiger charge is -2.36. The summed E-state index contributed by atoms with van der Waals surface area (Å²) in [6, 6.07) is 0.576. The van der Waals surface area contributed by atoms with E-state index in [4.69, 9.17) is 0 Å². The van der Waals surface area contributed by atoms with Crippen molar-refractivity contribution < 1.29 is 13.2 Å². The number of hydrogen-bond donors (Lipinski definition) is 1. The van der Waals surface area contributed by atoms with E-state index in [0.29, 0.717) is 19.1 Å². The van der Waals surface area contributed by atoms with Gasteiger partial charge in [0, 0.05) is 50.3 Å². The van der Waals surface area contributed by atoms with Crippen LogP contribution in [0, 0.1) is 0 Å². The second kappa shape index (κ2) is 7.15. The molecule has 0 radical (unpaired) electrons. The van der Waals surface area contributed by atoms with Gasteiger partial charge in [-0.05, 0) is 13.0 Å². The number of nitrogens with zero attached hydrogens (tertiary/aromatic N) is 2. The smallest absolute Gasteiger partial charge is 0.312 e. The van der Waals surface area contributed by atoms with Crippen molar-refractivity contribution in [2.24, 2.45) is 0 Å². The fourth-order valence-electron chi connectivity index (χ4n) is 2.57. The molecule has 0 amide bonds. The average Bonchev–Trinajstić information content (AvgIpc) is 2.37. The minimum absolute atomic E-state index is 0.534.